The fourth-order valence-corrected chi connectivity index (χ4v) is 3.62. The molecule has 2 aliphatic carbocycles. The number of hydrogen-bond acceptors (Lipinski definition) is 4. The van der Waals surface area contributed by atoms with Crippen LogP contribution >= 0.6 is 22.6 Å². The Bertz CT molecular complexity index is 610. The van der Waals surface area contributed by atoms with Crippen LogP contribution < -0.4 is 11.2 Å². The second-order valence-corrected chi connectivity index (χ2v) is 6.33. The Hall–Kier alpha value is -0.670. The largest absolute Gasteiger partial charge is 0.396 e. The third-order valence-electron chi connectivity index (χ3n) is 4.35. The highest BCUT2D eigenvalue weighted by atomic mass is 127. The Morgan fingerprint density at radius 1 is 1.56 bits per heavy atom. The quantitative estimate of drug-likeness (QED) is 0.614. The van der Waals surface area contributed by atoms with Gasteiger partial charge in [-0.2, -0.15) is 0 Å². The van der Waals surface area contributed by atoms with Gasteiger partial charge in [0.15, 0.2) is 0 Å². The molecule has 1 heterocycles. The van der Waals surface area contributed by atoms with Crippen molar-refractivity contribution in [3.05, 3.63) is 30.6 Å². The summed E-state index contributed by atoms with van der Waals surface area (Å²) in [5.41, 5.74) is -1.26. The van der Waals surface area contributed by atoms with Crippen molar-refractivity contribution in [2.75, 3.05) is 6.61 Å². The molecule has 0 aliphatic heterocycles. The zero-order valence-corrected chi connectivity index (χ0v) is 11.6. The molecule has 0 bridgehead atoms. The summed E-state index contributed by atoms with van der Waals surface area (Å²) in [6.45, 7) is -0.0511. The van der Waals surface area contributed by atoms with Crippen molar-refractivity contribution >= 4 is 22.6 Å². The Morgan fingerprint density at radius 3 is 2.83 bits per heavy atom. The minimum atomic E-state index is -0.575. The van der Waals surface area contributed by atoms with Gasteiger partial charge in [0.1, 0.15) is 0 Å². The molecule has 0 saturated heterocycles. The molecule has 2 fully saturated rings. The van der Waals surface area contributed by atoms with Crippen molar-refractivity contribution in [2.24, 2.45) is 11.3 Å². The molecule has 0 radical (unpaired) electrons. The molecule has 0 amide bonds. The second kappa shape index (κ2) is 3.91. The van der Waals surface area contributed by atoms with Crippen LogP contribution in [0, 0.1) is 14.9 Å². The van der Waals surface area contributed by atoms with Gasteiger partial charge in [0.05, 0.1) is 16.3 Å². The molecule has 2 saturated carbocycles. The van der Waals surface area contributed by atoms with E-state index in [1.54, 1.807) is 0 Å². The van der Waals surface area contributed by atoms with Crippen molar-refractivity contribution in [1.29, 1.82) is 0 Å². The third-order valence-corrected chi connectivity index (χ3v) is 5.12. The van der Waals surface area contributed by atoms with E-state index in [0.29, 0.717) is 9.99 Å². The van der Waals surface area contributed by atoms with Gasteiger partial charge in [-0.25, -0.2) is 4.79 Å². The van der Waals surface area contributed by atoms with Crippen molar-refractivity contribution in [3.63, 3.8) is 0 Å². The number of aliphatic hydroxyl groups excluding tert-OH is 2. The lowest BCUT2D eigenvalue weighted by Gasteiger charge is -2.16. The van der Waals surface area contributed by atoms with Gasteiger partial charge in [-0.3, -0.25) is 14.3 Å². The molecule has 6 nitrogen and oxygen atoms in total. The number of rotatable bonds is 2. The van der Waals surface area contributed by atoms with Crippen LogP contribution in [0.15, 0.2) is 15.8 Å². The summed E-state index contributed by atoms with van der Waals surface area (Å²) in [5.74, 6) is 0.122. The fourth-order valence-electron chi connectivity index (χ4n) is 3.18. The number of aliphatic hydroxyl groups is 2. The van der Waals surface area contributed by atoms with Gasteiger partial charge in [0.2, 0.25) is 0 Å². The van der Waals surface area contributed by atoms with Gasteiger partial charge in [0.25, 0.3) is 5.56 Å². The zero-order valence-electron chi connectivity index (χ0n) is 9.47. The summed E-state index contributed by atoms with van der Waals surface area (Å²) < 4.78 is 1.94. The molecule has 18 heavy (non-hydrogen) atoms. The summed E-state index contributed by atoms with van der Waals surface area (Å²) in [6, 6.07) is -0.134. The van der Waals surface area contributed by atoms with E-state index in [0.717, 1.165) is 6.42 Å². The molecule has 3 N–H and O–H groups in total. The van der Waals surface area contributed by atoms with Crippen LogP contribution in [0.25, 0.3) is 0 Å². The Kier molecular flexibility index (Phi) is 2.69. The normalized spacial score (nSPS) is 37.6. The van der Waals surface area contributed by atoms with Gasteiger partial charge in [-0.05, 0) is 41.4 Å². The first kappa shape index (κ1) is 12.4. The molecule has 98 valence electrons. The predicted octanol–water partition coefficient (Wildman–Crippen LogP) is -0.555. The highest BCUT2D eigenvalue weighted by Gasteiger charge is 2.67. The Labute approximate surface area is 116 Å². The number of nitrogens with zero attached hydrogens (tertiary/aromatic N) is 1. The number of nitrogens with one attached hydrogen (secondary N) is 1. The van der Waals surface area contributed by atoms with E-state index < -0.39 is 17.2 Å². The maximum atomic E-state index is 11.8. The van der Waals surface area contributed by atoms with E-state index in [4.69, 9.17) is 0 Å². The second-order valence-electron chi connectivity index (χ2n) is 5.16. The molecule has 1 unspecified atom stereocenters. The zero-order chi connectivity index (χ0) is 13.1. The smallest absolute Gasteiger partial charge is 0.328 e. The summed E-state index contributed by atoms with van der Waals surface area (Å²) >= 11 is 1.88. The van der Waals surface area contributed by atoms with Crippen molar-refractivity contribution < 1.29 is 10.2 Å². The molecule has 1 aromatic rings. The number of halogens is 1. The molecule has 7 heteroatoms. The van der Waals surface area contributed by atoms with Crippen LogP contribution in [-0.4, -0.2) is 32.5 Å². The first-order valence-electron chi connectivity index (χ1n) is 5.79. The van der Waals surface area contributed by atoms with Crippen molar-refractivity contribution in [2.45, 2.75) is 25.0 Å². The van der Waals surface area contributed by atoms with E-state index in [-0.39, 0.29) is 24.1 Å². The number of fused-ring (bicyclic) bond motifs is 1. The molecule has 2 aliphatic rings. The number of aromatic amines is 1. The fraction of sp³-hybridized carbons (Fsp3) is 0.636. The average molecular weight is 364 g/mol. The molecule has 4 atom stereocenters. The average Bonchev–Trinajstić information content (AvgIpc) is 3.01. The lowest BCUT2D eigenvalue weighted by Crippen LogP contribution is -2.34. The van der Waals surface area contributed by atoms with E-state index in [1.807, 2.05) is 22.6 Å². The summed E-state index contributed by atoms with van der Waals surface area (Å²) in [7, 11) is 0. The molecule has 0 spiro atoms. The van der Waals surface area contributed by atoms with Gasteiger partial charge in [0, 0.05) is 17.7 Å². The topological polar surface area (TPSA) is 95.3 Å². The van der Waals surface area contributed by atoms with Crippen LogP contribution in [0.3, 0.4) is 0 Å². The van der Waals surface area contributed by atoms with Gasteiger partial charge in [-0.1, -0.05) is 0 Å². The van der Waals surface area contributed by atoms with Crippen LogP contribution in [0.2, 0.25) is 0 Å². The van der Waals surface area contributed by atoms with Crippen molar-refractivity contribution in [1.82, 2.24) is 9.55 Å². The van der Waals surface area contributed by atoms with E-state index >= 15 is 0 Å². The first-order valence-corrected chi connectivity index (χ1v) is 6.87. The summed E-state index contributed by atoms with van der Waals surface area (Å²) in [6.07, 6.45) is 2.14. The standard InChI is InChI=1S/C11H13IN2O4/c12-6-3-14(10(18)13-9(6)17)7-1-8(16)11(4-15)2-5(7)11/h3,5,7-8,15-16H,1-2,4H2,(H,13,17,18)/t5-,7+,8+,11?/m1/s1. The minimum absolute atomic E-state index is 0.0511. The van der Waals surface area contributed by atoms with Crippen LogP contribution in [0.1, 0.15) is 18.9 Å². The molecular weight excluding hydrogens is 351 g/mol. The summed E-state index contributed by atoms with van der Waals surface area (Å²) in [4.78, 5) is 25.4. The van der Waals surface area contributed by atoms with Crippen LogP contribution in [-0.2, 0) is 0 Å². The molecule has 1 aromatic heterocycles. The molecular formula is C11H13IN2O4. The minimum Gasteiger partial charge on any atom is -0.396 e. The third kappa shape index (κ3) is 1.53. The maximum absolute atomic E-state index is 11.8. The molecule has 3 rings (SSSR count). The van der Waals surface area contributed by atoms with E-state index in [1.165, 1.54) is 10.8 Å². The number of hydrogen-bond donors (Lipinski definition) is 3. The highest BCUT2D eigenvalue weighted by molar-refractivity contribution is 14.1. The first-order chi connectivity index (χ1) is 8.49. The van der Waals surface area contributed by atoms with Gasteiger partial charge < -0.3 is 10.2 Å². The van der Waals surface area contributed by atoms with Crippen LogP contribution in [0.4, 0.5) is 0 Å². The SMILES string of the molecule is O=c1[nH]c(=O)n([C@H]2C[C@H](O)C3(CO)C[C@H]23)cc1I. The summed E-state index contributed by atoms with van der Waals surface area (Å²) in [5, 5.41) is 19.4. The lowest BCUT2D eigenvalue weighted by atomic mass is 10.0. The Balaban J connectivity index is 2.02. The van der Waals surface area contributed by atoms with E-state index in [2.05, 4.69) is 4.98 Å². The monoisotopic (exact) mass is 364 g/mol. The predicted molar refractivity (Wildman–Crippen MR) is 71.3 cm³/mol. The van der Waals surface area contributed by atoms with Gasteiger partial charge in [-0.15, -0.1) is 0 Å². The number of aromatic nitrogens is 2. The van der Waals surface area contributed by atoms with Crippen molar-refractivity contribution in [3.8, 4) is 0 Å². The number of H-pyrrole nitrogens is 1. The van der Waals surface area contributed by atoms with E-state index in [9.17, 15) is 19.8 Å². The molecule has 0 aromatic carbocycles. The highest BCUT2D eigenvalue weighted by Crippen LogP contribution is 2.66. The van der Waals surface area contributed by atoms with Gasteiger partial charge >= 0.3 is 5.69 Å². The lowest BCUT2D eigenvalue weighted by molar-refractivity contribution is 0.0599. The maximum Gasteiger partial charge on any atom is 0.328 e. The Morgan fingerprint density at radius 2 is 2.28 bits per heavy atom. The van der Waals surface area contributed by atoms with Crippen LogP contribution in [0.5, 0.6) is 0 Å².